The zero-order chi connectivity index (χ0) is 24.4. The minimum atomic E-state index is -0.240. The number of methoxy groups -OCH3 is 1. The molecule has 0 atom stereocenters. The standard InChI is InChI=1S/C25H22ClN5O3S/c1-16-22(23(29-34-16)18-6-3-4-7-19(18)26)24(32)31(12-5-11-30-13-10-27-15-30)25-28-20-9-8-17(33-2)14-21(20)35-25/h3-4,6-10,13-15H,5,11-12H2,1-2H3. The zero-order valence-corrected chi connectivity index (χ0v) is 20.7. The number of halogens is 1. The van der Waals surface area contributed by atoms with Crippen molar-refractivity contribution in [3.8, 4) is 17.0 Å². The van der Waals surface area contributed by atoms with Crippen molar-refractivity contribution in [3.05, 3.63) is 77.5 Å². The second kappa shape index (κ2) is 9.89. The van der Waals surface area contributed by atoms with Crippen LogP contribution in [0.3, 0.4) is 0 Å². The van der Waals surface area contributed by atoms with E-state index in [0.29, 0.717) is 52.2 Å². The first kappa shape index (κ1) is 23.1. The van der Waals surface area contributed by atoms with E-state index in [0.717, 1.165) is 16.0 Å². The lowest BCUT2D eigenvalue weighted by Crippen LogP contribution is -2.33. The van der Waals surface area contributed by atoms with E-state index in [-0.39, 0.29) is 5.91 Å². The van der Waals surface area contributed by atoms with E-state index in [1.165, 1.54) is 11.3 Å². The molecule has 0 radical (unpaired) electrons. The first-order valence-electron chi connectivity index (χ1n) is 11.0. The fourth-order valence-corrected chi connectivity index (χ4v) is 5.09. The summed E-state index contributed by atoms with van der Waals surface area (Å²) in [6.45, 7) is 2.89. The van der Waals surface area contributed by atoms with Gasteiger partial charge in [0.15, 0.2) is 5.13 Å². The Labute approximate surface area is 210 Å². The van der Waals surface area contributed by atoms with Crippen molar-refractivity contribution >= 4 is 44.2 Å². The maximum absolute atomic E-state index is 14.0. The lowest BCUT2D eigenvalue weighted by Gasteiger charge is -2.20. The van der Waals surface area contributed by atoms with Crippen LogP contribution in [0.4, 0.5) is 5.13 Å². The quantitative estimate of drug-likeness (QED) is 0.261. The number of nitrogens with zero attached hydrogens (tertiary/aromatic N) is 5. The van der Waals surface area contributed by atoms with Gasteiger partial charge in [0.25, 0.3) is 5.91 Å². The minimum absolute atomic E-state index is 0.240. The number of aromatic nitrogens is 4. The van der Waals surface area contributed by atoms with Crippen molar-refractivity contribution in [1.29, 1.82) is 0 Å². The summed E-state index contributed by atoms with van der Waals surface area (Å²) in [5.74, 6) is 0.921. The fourth-order valence-electron chi connectivity index (χ4n) is 3.85. The molecule has 35 heavy (non-hydrogen) atoms. The molecular weight excluding hydrogens is 486 g/mol. The largest absolute Gasteiger partial charge is 0.497 e. The van der Waals surface area contributed by atoms with Gasteiger partial charge in [0.2, 0.25) is 0 Å². The summed E-state index contributed by atoms with van der Waals surface area (Å²) in [4.78, 5) is 24.6. The molecule has 3 aromatic heterocycles. The molecule has 0 aliphatic carbocycles. The number of hydrogen-bond donors (Lipinski definition) is 0. The number of anilines is 1. The van der Waals surface area contributed by atoms with Gasteiger partial charge in [-0.25, -0.2) is 9.97 Å². The molecule has 0 saturated carbocycles. The first-order valence-corrected chi connectivity index (χ1v) is 12.2. The van der Waals surface area contributed by atoms with Crippen LogP contribution >= 0.6 is 22.9 Å². The lowest BCUT2D eigenvalue weighted by molar-refractivity contribution is 0.0985. The number of aryl methyl sites for hydroxylation is 2. The second-order valence-corrected chi connectivity index (χ2v) is 9.30. The molecule has 2 aromatic carbocycles. The highest BCUT2D eigenvalue weighted by Crippen LogP contribution is 2.35. The summed E-state index contributed by atoms with van der Waals surface area (Å²) in [5.41, 5.74) is 2.23. The third-order valence-electron chi connectivity index (χ3n) is 5.62. The molecular formula is C25H22ClN5O3S. The molecule has 0 unspecified atom stereocenters. The summed E-state index contributed by atoms with van der Waals surface area (Å²) < 4.78 is 13.7. The van der Waals surface area contributed by atoms with Gasteiger partial charge in [-0.15, -0.1) is 0 Å². The summed E-state index contributed by atoms with van der Waals surface area (Å²) in [7, 11) is 1.62. The Kier molecular flexibility index (Phi) is 6.52. The van der Waals surface area contributed by atoms with Gasteiger partial charge < -0.3 is 13.8 Å². The Morgan fingerprint density at radius 2 is 2.11 bits per heavy atom. The predicted octanol–water partition coefficient (Wildman–Crippen LogP) is 5.86. The van der Waals surface area contributed by atoms with Gasteiger partial charge in [-0.2, -0.15) is 0 Å². The molecule has 10 heteroatoms. The summed E-state index contributed by atoms with van der Waals surface area (Å²) in [6.07, 6.45) is 6.10. The highest BCUT2D eigenvalue weighted by Gasteiger charge is 2.29. The van der Waals surface area contributed by atoms with Crippen molar-refractivity contribution in [3.63, 3.8) is 0 Å². The highest BCUT2D eigenvalue weighted by atomic mass is 35.5. The van der Waals surface area contributed by atoms with Crippen LogP contribution in [-0.4, -0.2) is 39.3 Å². The molecule has 1 amide bonds. The van der Waals surface area contributed by atoms with Gasteiger partial charge in [0.05, 0.1) is 28.7 Å². The average Bonchev–Trinajstić information content (AvgIpc) is 3.61. The van der Waals surface area contributed by atoms with Crippen LogP contribution in [0.15, 0.2) is 65.7 Å². The second-order valence-electron chi connectivity index (χ2n) is 7.88. The van der Waals surface area contributed by atoms with Gasteiger partial charge in [0, 0.05) is 31.0 Å². The first-order chi connectivity index (χ1) is 17.0. The van der Waals surface area contributed by atoms with E-state index in [1.807, 2.05) is 47.2 Å². The highest BCUT2D eigenvalue weighted by molar-refractivity contribution is 7.22. The number of ether oxygens (including phenoxy) is 1. The molecule has 0 bridgehead atoms. The number of carbonyl (C=O) groups is 1. The van der Waals surface area contributed by atoms with Gasteiger partial charge >= 0.3 is 0 Å². The Bertz CT molecular complexity index is 1480. The number of hydrogen-bond acceptors (Lipinski definition) is 7. The number of fused-ring (bicyclic) bond motifs is 1. The average molecular weight is 508 g/mol. The van der Waals surface area contributed by atoms with E-state index in [2.05, 4.69) is 10.1 Å². The monoisotopic (exact) mass is 507 g/mol. The Balaban J connectivity index is 1.54. The van der Waals surface area contributed by atoms with E-state index in [1.54, 1.807) is 37.5 Å². The molecule has 0 aliphatic rings. The zero-order valence-electron chi connectivity index (χ0n) is 19.1. The van der Waals surface area contributed by atoms with Crippen LogP contribution in [0, 0.1) is 6.92 Å². The van der Waals surface area contributed by atoms with E-state index < -0.39 is 0 Å². The molecule has 0 saturated heterocycles. The number of amides is 1. The number of benzene rings is 2. The Morgan fingerprint density at radius 3 is 2.89 bits per heavy atom. The number of imidazole rings is 1. The maximum atomic E-state index is 14.0. The molecule has 0 fully saturated rings. The van der Waals surface area contributed by atoms with Crippen LogP contribution in [0.2, 0.25) is 5.02 Å². The molecule has 0 spiro atoms. The summed E-state index contributed by atoms with van der Waals surface area (Å²) in [6, 6.07) is 12.9. The van der Waals surface area contributed by atoms with Gasteiger partial charge in [-0.1, -0.05) is 46.3 Å². The van der Waals surface area contributed by atoms with Crippen molar-refractivity contribution < 1.29 is 14.1 Å². The van der Waals surface area contributed by atoms with Crippen molar-refractivity contribution in [1.82, 2.24) is 19.7 Å². The number of rotatable bonds is 8. The van der Waals surface area contributed by atoms with Crippen molar-refractivity contribution in [2.45, 2.75) is 19.9 Å². The topological polar surface area (TPSA) is 86.3 Å². The fraction of sp³-hybridized carbons (Fsp3) is 0.200. The van der Waals surface area contributed by atoms with E-state index in [9.17, 15) is 4.79 Å². The maximum Gasteiger partial charge on any atom is 0.265 e. The third-order valence-corrected chi connectivity index (χ3v) is 6.99. The lowest BCUT2D eigenvalue weighted by atomic mass is 10.1. The summed E-state index contributed by atoms with van der Waals surface area (Å²) in [5, 5.41) is 5.26. The third kappa shape index (κ3) is 4.65. The smallest absolute Gasteiger partial charge is 0.265 e. The van der Waals surface area contributed by atoms with E-state index >= 15 is 0 Å². The van der Waals surface area contributed by atoms with Gasteiger partial charge in [0.1, 0.15) is 22.8 Å². The number of thiazole rings is 1. The molecule has 0 aliphatic heterocycles. The Hall–Kier alpha value is -3.69. The minimum Gasteiger partial charge on any atom is -0.497 e. The molecule has 3 heterocycles. The van der Waals surface area contributed by atoms with Crippen molar-refractivity contribution in [2.75, 3.05) is 18.6 Å². The summed E-state index contributed by atoms with van der Waals surface area (Å²) >= 11 is 7.86. The molecule has 8 nitrogen and oxygen atoms in total. The Morgan fingerprint density at radius 1 is 1.26 bits per heavy atom. The van der Waals surface area contributed by atoms with Crippen LogP contribution in [-0.2, 0) is 6.54 Å². The molecule has 5 aromatic rings. The number of carbonyl (C=O) groups excluding carboxylic acids is 1. The van der Waals surface area contributed by atoms with Gasteiger partial charge in [-0.05, 0) is 37.6 Å². The normalized spacial score (nSPS) is 11.2. The van der Waals surface area contributed by atoms with Gasteiger partial charge in [-0.3, -0.25) is 9.69 Å². The van der Waals surface area contributed by atoms with Crippen molar-refractivity contribution in [2.24, 2.45) is 0 Å². The van der Waals surface area contributed by atoms with Crippen LogP contribution < -0.4 is 9.64 Å². The SMILES string of the molecule is COc1ccc2nc(N(CCCn3ccnc3)C(=O)c3c(-c4ccccc4Cl)noc3C)sc2c1. The predicted molar refractivity (Wildman–Crippen MR) is 136 cm³/mol. The molecule has 178 valence electrons. The van der Waals surface area contributed by atoms with Crippen LogP contribution in [0.1, 0.15) is 22.5 Å². The van der Waals surface area contributed by atoms with E-state index in [4.69, 9.17) is 25.8 Å². The van der Waals surface area contributed by atoms with Crippen LogP contribution in [0.5, 0.6) is 5.75 Å². The van der Waals surface area contributed by atoms with Crippen LogP contribution in [0.25, 0.3) is 21.5 Å². The molecule has 0 N–H and O–H groups in total. The molecule has 5 rings (SSSR count).